The minimum atomic E-state index is -0.399. The number of carbonyl (C=O) groups excluding carboxylic acids is 1. The number of ether oxygens (including phenoxy) is 1. The van der Waals surface area contributed by atoms with E-state index < -0.39 is 6.10 Å². The molecule has 1 aliphatic rings. The molecular weight excluding hydrogens is 324 g/mol. The Bertz CT molecular complexity index is 675. The predicted octanol–water partition coefficient (Wildman–Crippen LogP) is 3.72. The van der Waals surface area contributed by atoms with Crippen LogP contribution in [0.15, 0.2) is 60.7 Å². The fraction of sp³-hybridized carbons (Fsp3) is 0.409. The van der Waals surface area contributed by atoms with Gasteiger partial charge in [0.2, 0.25) is 0 Å². The van der Waals surface area contributed by atoms with Gasteiger partial charge in [-0.3, -0.25) is 9.69 Å². The summed E-state index contributed by atoms with van der Waals surface area (Å²) in [5, 5.41) is 0. The predicted molar refractivity (Wildman–Crippen MR) is 105 cm³/mol. The van der Waals surface area contributed by atoms with Gasteiger partial charge in [-0.2, -0.15) is 0 Å². The standard InChI is InChI=1S/C22H28N2O2/c1-2-3-14-23-15-16-26-21(18-23)22(25)24(20-12-8-5-9-13-20)17-19-10-6-4-7-11-19/h4-13,21H,2-3,14-18H2,1H3. The van der Waals surface area contributed by atoms with Crippen molar-refractivity contribution in [2.24, 2.45) is 0 Å². The van der Waals surface area contributed by atoms with Crippen molar-refractivity contribution in [3.05, 3.63) is 66.2 Å². The van der Waals surface area contributed by atoms with Gasteiger partial charge < -0.3 is 9.64 Å². The summed E-state index contributed by atoms with van der Waals surface area (Å²) in [7, 11) is 0. The number of anilines is 1. The minimum Gasteiger partial charge on any atom is -0.366 e. The van der Waals surface area contributed by atoms with Crippen molar-refractivity contribution in [2.45, 2.75) is 32.4 Å². The summed E-state index contributed by atoms with van der Waals surface area (Å²) in [6.07, 6.45) is 1.93. The smallest absolute Gasteiger partial charge is 0.257 e. The number of hydrogen-bond acceptors (Lipinski definition) is 3. The molecule has 1 heterocycles. The lowest BCUT2D eigenvalue weighted by Crippen LogP contribution is -2.51. The maximum absolute atomic E-state index is 13.3. The first-order valence-corrected chi connectivity index (χ1v) is 9.52. The summed E-state index contributed by atoms with van der Waals surface area (Å²) >= 11 is 0. The summed E-state index contributed by atoms with van der Waals surface area (Å²) < 4.78 is 5.86. The van der Waals surface area contributed by atoms with Crippen LogP contribution < -0.4 is 4.90 Å². The van der Waals surface area contributed by atoms with Crippen molar-refractivity contribution in [1.29, 1.82) is 0 Å². The van der Waals surface area contributed by atoms with Crippen LogP contribution in [0.4, 0.5) is 5.69 Å². The third-order valence-electron chi connectivity index (χ3n) is 4.77. The Hall–Kier alpha value is -2.17. The van der Waals surface area contributed by atoms with Gasteiger partial charge >= 0.3 is 0 Å². The molecule has 1 saturated heterocycles. The van der Waals surface area contributed by atoms with E-state index >= 15 is 0 Å². The number of unbranched alkanes of at least 4 members (excludes halogenated alkanes) is 1. The zero-order chi connectivity index (χ0) is 18.2. The molecule has 2 aromatic rings. The lowest BCUT2D eigenvalue weighted by molar-refractivity contribution is -0.135. The SMILES string of the molecule is CCCCN1CCOC(C(=O)N(Cc2ccccc2)c2ccccc2)C1. The third-order valence-corrected chi connectivity index (χ3v) is 4.77. The van der Waals surface area contributed by atoms with Gasteiger partial charge in [0.1, 0.15) is 6.10 Å². The van der Waals surface area contributed by atoms with E-state index in [1.165, 1.54) is 6.42 Å². The first-order chi connectivity index (χ1) is 12.8. The number of amides is 1. The van der Waals surface area contributed by atoms with Crippen molar-refractivity contribution in [1.82, 2.24) is 4.90 Å². The number of rotatable bonds is 7. The molecule has 2 aromatic carbocycles. The Morgan fingerprint density at radius 1 is 1.12 bits per heavy atom. The maximum atomic E-state index is 13.3. The number of hydrogen-bond donors (Lipinski definition) is 0. The fourth-order valence-electron chi connectivity index (χ4n) is 3.28. The lowest BCUT2D eigenvalue weighted by Gasteiger charge is -2.35. The Kier molecular flexibility index (Phi) is 6.81. The molecule has 0 aliphatic carbocycles. The average molecular weight is 352 g/mol. The molecule has 0 radical (unpaired) electrons. The van der Waals surface area contributed by atoms with E-state index in [9.17, 15) is 4.79 Å². The number of para-hydroxylation sites is 1. The number of benzene rings is 2. The molecule has 4 nitrogen and oxygen atoms in total. The summed E-state index contributed by atoms with van der Waals surface area (Å²) in [4.78, 5) is 17.5. The molecule has 26 heavy (non-hydrogen) atoms. The van der Waals surface area contributed by atoms with Gasteiger partial charge in [-0.05, 0) is 30.7 Å². The molecule has 1 aliphatic heterocycles. The average Bonchev–Trinajstić information content (AvgIpc) is 2.71. The molecule has 1 unspecified atom stereocenters. The summed E-state index contributed by atoms with van der Waals surface area (Å²) in [5.41, 5.74) is 2.03. The van der Waals surface area contributed by atoms with Crippen LogP contribution in [0.5, 0.6) is 0 Å². The molecule has 1 fully saturated rings. The second-order valence-electron chi connectivity index (χ2n) is 6.76. The van der Waals surface area contributed by atoms with E-state index in [-0.39, 0.29) is 5.91 Å². The maximum Gasteiger partial charge on any atom is 0.257 e. The Labute approximate surface area is 156 Å². The van der Waals surface area contributed by atoms with Crippen molar-refractivity contribution >= 4 is 11.6 Å². The molecule has 1 atom stereocenters. The molecule has 0 bridgehead atoms. The van der Waals surface area contributed by atoms with Crippen molar-refractivity contribution in [2.75, 3.05) is 31.1 Å². The van der Waals surface area contributed by atoms with Crippen LogP contribution in [0.25, 0.3) is 0 Å². The van der Waals surface area contributed by atoms with E-state index in [2.05, 4.69) is 24.0 Å². The van der Waals surface area contributed by atoms with E-state index in [1.807, 2.05) is 53.4 Å². The zero-order valence-corrected chi connectivity index (χ0v) is 15.5. The van der Waals surface area contributed by atoms with Crippen molar-refractivity contribution in [3.63, 3.8) is 0 Å². The summed E-state index contributed by atoms with van der Waals surface area (Å²) in [6.45, 7) is 5.99. The topological polar surface area (TPSA) is 32.8 Å². The highest BCUT2D eigenvalue weighted by Gasteiger charge is 2.30. The second-order valence-corrected chi connectivity index (χ2v) is 6.76. The quantitative estimate of drug-likeness (QED) is 0.761. The van der Waals surface area contributed by atoms with Crippen LogP contribution in [-0.4, -0.2) is 43.2 Å². The highest BCUT2D eigenvalue weighted by atomic mass is 16.5. The summed E-state index contributed by atoms with van der Waals surface area (Å²) in [5.74, 6) is 0.0428. The molecule has 0 spiro atoms. The van der Waals surface area contributed by atoms with Crippen LogP contribution in [0.2, 0.25) is 0 Å². The van der Waals surface area contributed by atoms with E-state index in [4.69, 9.17) is 4.74 Å². The molecule has 138 valence electrons. The van der Waals surface area contributed by atoms with Gasteiger partial charge in [0, 0.05) is 18.8 Å². The van der Waals surface area contributed by atoms with Crippen molar-refractivity contribution in [3.8, 4) is 0 Å². The highest BCUT2D eigenvalue weighted by molar-refractivity contribution is 5.96. The lowest BCUT2D eigenvalue weighted by atomic mass is 10.1. The molecule has 0 aromatic heterocycles. The first kappa shape index (κ1) is 18.6. The van der Waals surface area contributed by atoms with Gasteiger partial charge in [-0.25, -0.2) is 0 Å². The molecule has 0 N–H and O–H groups in total. The molecule has 4 heteroatoms. The Morgan fingerprint density at radius 3 is 2.50 bits per heavy atom. The van der Waals surface area contributed by atoms with Gasteiger partial charge in [-0.1, -0.05) is 61.9 Å². The third kappa shape index (κ3) is 4.93. The van der Waals surface area contributed by atoms with Crippen LogP contribution in [0, 0.1) is 0 Å². The number of carbonyl (C=O) groups is 1. The largest absolute Gasteiger partial charge is 0.366 e. The van der Waals surface area contributed by atoms with Crippen LogP contribution in [-0.2, 0) is 16.1 Å². The van der Waals surface area contributed by atoms with Gasteiger partial charge in [0.05, 0.1) is 13.2 Å². The van der Waals surface area contributed by atoms with E-state index in [0.717, 1.165) is 30.8 Å². The van der Waals surface area contributed by atoms with Crippen LogP contribution >= 0.6 is 0 Å². The van der Waals surface area contributed by atoms with Gasteiger partial charge in [0.15, 0.2) is 0 Å². The molecule has 0 saturated carbocycles. The first-order valence-electron chi connectivity index (χ1n) is 9.52. The van der Waals surface area contributed by atoms with Crippen molar-refractivity contribution < 1.29 is 9.53 Å². The fourth-order valence-corrected chi connectivity index (χ4v) is 3.28. The minimum absolute atomic E-state index is 0.0428. The molecular formula is C22H28N2O2. The number of morpholine rings is 1. The zero-order valence-electron chi connectivity index (χ0n) is 15.5. The molecule has 3 rings (SSSR count). The van der Waals surface area contributed by atoms with E-state index in [1.54, 1.807) is 0 Å². The molecule has 1 amide bonds. The Morgan fingerprint density at radius 2 is 1.81 bits per heavy atom. The number of nitrogens with zero attached hydrogens (tertiary/aromatic N) is 2. The van der Waals surface area contributed by atoms with Crippen LogP contribution in [0.1, 0.15) is 25.3 Å². The Balaban J connectivity index is 1.76. The van der Waals surface area contributed by atoms with Gasteiger partial charge in [-0.15, -0.1) is 0 Å². The highest BCUT2D eigenvalue weighted by Crippen LogP contribution is 2.20. The normalized spacial score (nSPS) is 17.8. The summed E-state index contributed by atoms with van der Waals surface area (Å²) in [6, 6.07) is 20.0. The van der Waals surface area contributed by atoms with E-state index in [0.29, 0.717) is 19.7 Å². The monoisotopic (exact) mass is 352 g/mol. The second kappa shape index (κ2) is 9.51. The van der Waals surface area contributed by atoms with Gasteiger partial charge in [0.25, 0.3) is 5.91 Å². The van der Waals surface area contributed by atoms with Crippen LogP contribution in [0.3, 0.4) is 0 Å².